The molecule has 106 valence electrons. The van der Waals surface area contributed by atoms with E-state index in [0.717, 1.165) is 27.5 Å². The van der Waals surface area contributed by atoms with E-state index in [4.69, 9.17) is 9.47 Å². The van der Waals surface area contributed by atoms with Crippen molar-refractivity contribution >= 4 is 27.9 Å². The second kappa shape index (κ2) is 4.56. The van der Waals surface area contributed by atoms with Crippen molar-refractivity contribution < 1.29 is 14.3 Å². The number of aromatic nitrogens is 2. The molecule has 0 spiro atoms. The number of hydrogen-bond donors (Lipinski definition) is 0. The van der Waals surface area contributed by atoms with Gasteiger partial charge in [-0.25, -0.2) is 9.78 Å². The zero-order valence-corrected chi connectivity index (χ0v) is 11.6. The van der Waals surface area contributed by atoms with Crippen LogP contribution in [0, 0.1) is 0 Å². The van der Waals surface area contributed by atoms with E-state index in [-0.39, 0.29) is 5.97 Å². The molecule has 5 nitrogen and oxygen atoms in total. The summed E-state index contributed by atoms with van der Waals surface area (Å²) in [5.74, 6) is -0.340. The summed E-state index contributed by atoms with van der Waals surface area (Å²) in [5.41, 5.74) is 3.20. The Morgan fingerprint density at radius 1 is 1.33 bits per heavy atom. The van der Waals surface area contributed by atoms with E-state index in [0.29, 0.717) is 25.5 Å². The Hall–Kier alpha value is -2.40. The minimum absolute atomic E-state index is 0.340. The zero-order chi connectivity index (χ0) is 14.4. The van der Waals surface area contributed by atoms with Crippen molar-refractivity contribution in [2.45, 2.75) is 13.2 Å². The van der Waals surface area contributed by atoms with E-state index in [1.54, 1.807) is 7.11 Å². The van der Waals surface area contributed by atoms with E-state index in [2.05, 4.69) is 17.1 Å². The molecular weight excluding hydrogens is 268 g/mol. The topological polar surface area (TPSA) is 53.4 Å². The Morgan fingerprint density at radius 2 is 2.19 bits per heavy atom. The molecule has 4 rings (SSSR count). The van der Waals surface area contributed by atoms with Gasteiger partial charge in [-0.1, -0.05) is 18.2 Å². The zero-order valence-electron chi connectivity index (χ0n) is 11.6. The number of hydrogen-bond acceptors (Lipinski definition) is 4. The van der Waals surface area contributed by atoms with Crippen molar-refractivity contribution in [3.8, 4) is 0 Å². The maximum Gasteiger partial charge on any atom is 0.357 e. The van der Waals surface area contributed by atoms with Gasteiger partial charge in [0.05, 0.1) is 12.1 Å². The van der Waals surface area contributed by atoms with Crippen LogP contribution in [0.4, 0.5) is 0 Å². The van der Waals surface area contributed by atoms with Crippen LogP contribution < -0.4 is 0 Å². The van der Waals surface area contributed by atoms with Crippen molar-refractivity contribution in [1.82, 2.24) is 9.55 Å². The first-order valence-corrected chi connectivity index (χ1v) is 6.86. The maximum absolute atomic E-state index is 11.9. The molecule has 0 amide bonds. The van der Waals surface area contributed by atoms with Gasteiger partial charge in [0.1, 0.15) is 12.4 Å². The fourth-order valence-electron chi connectivity index (χ4n) is 2.95. The summed E-state index contributed by atoms with van der Waals surface area (Å²) in [6.45, 7) is 0.820. The fraction of sp³-hybridized carbons (Fsp3) is 0.250. The number of fused-ring (bicyclic) bond motifs is 4. The largest absolute Gasteiger partial charge is 0.461 e. The van der Waals surface area contributed by atoms with Gasteiger partial charge in [0.2, 0.25) is 0 Å². The van der Waals surface area contributed by atoms with Crippen LogP contribution in [0.25, 0.3) is 21.9 Å². The van der Waals surface area contributed by atoms with Crippen LogP contribution in [0.1, 0.15) is 16.1 Å². The molecule has 5 heteroatoms. The smallest absolute Gasteiger partial charge is 0.357 e. The lowest BCUT2D eigenvalue weighted by molar-refractivity contribution is 0.0472. The monoisotopic (exact) mass is 282 g/mol. The molecule has 0 fully saturated rings. The van der Waals surface area contributed by atoms with E-state index in [1.165, 1.54) is 0 Å². The van der Waals surface area contributed by atoms with Crippen molar-refractivity contribution in [3.05, 3.63) is 41.6 Å². The van der Waals surface area contributed by atoms with Crippen LogP contribution in [0.5, 0.6) is 0 Å². The molecule has 1 aromatic carbocycles. The first-order chi connectivity index (χ1) is 10.3. The average Bonchev–Trinajstić information content (AvgIpc) is 2.81. The van der Waals surface area contributed by atoms with Gasteiger partial charge in [0.15, 0.2) is 5.69 Å². The number of esters is 1. The number of benzene rings is 1. The van der Waals surface area contributed by atoms with Crippen LogP contribution in [-0.4, -0.2) is 29.2 Å². The van der Waals surface area contributed by atoms with Gasteiger partial charge in [-0.15, -0.1) is 0 Å². The summed E-state index contributed by atoms with van der Waals surface area (Å²) in [4.78, 5) is 16.4. The van der Waals surface area contributed by atoms with Crippen molar-refractivity contribution in [1.29, 1.82) is 0 Å². The van der Waals surface area contributed by atoms with Crippen LogP contribution >= 0.6 is 0 Å². The Balaban J connectivity index is 2.12. The Bertz CT molecular complexity index is 867. The molecule has 3 heterocycles. The number of carbonyl (C=O) groups excluding carboxylic acids is 1. The molecule has 3 aromatic rings. The van der Waals surface area contributed by atoms with Gasteiger partial charge in [0, 0.05) is 24.3 Å². The highest BCUT2D eigenvalue weighted by atomic mass is 16.5. The van der Waals surface area contributed by atoms with Crippen LogP contribution in [0.3, 0.4) is 0 Å². The van der Waals surface area contributed by atoms with E-state index < -0.39 is 0 Å². The molecule has 2 aromatic heterocycles. The molecule has 0 atom stereocenters. The SMILES string of the molecule is COCn1c2ccccc2c2cc3c(nc21)C(=O)OCC3. The summed E-state index contributed by atoms with van der Waals surface area (Å²) in [6, 6.07) is 10.2. The molecule has 0 bridgehead atoms. The molecule has 0 radical (unpaired) electrons. The van der Waals surface area contributed by atoms with Gasteiger partial charge in [-0.3, -0.25) is 0 Å². The summed E-state index contributed by atoms with van der Waals surface area (Å²) in [6.07, 6.45) is 0.716. The lowest BCUT2D eigenvalue weighted by atomic mass is 10.1. The van der Waals surface area contributed by atoms with Gasteiger partial charge >= 0.3 is 5.97 Å². The van der Waals surface area contributed by atoms with Crippen LogP contribution in [0.2, 0.25) is 0 Å². The molecule has 1 aliphatic rings. The highest BCUT2D eigenvalue weighted by Gasteiger charge is 2.23. The number of ether oxygens (including phenoxy) is 2. The second-order valence-corrected chi connectivity index (χ2v) is 5.12. The molecule has 21 heavy (non-hydrogen) atoms. The summed E-state index contributed by atoms with van der Waals surface area (Å²) in [5, 5.41) is 2.18. The third-order valence-electron chi connectivity index (χ3n) is 3.88. The van der Waals surface area contributed by atoms with Crippen LogP contribution in [0.15, 0.2) is 30.3 Å². The third kappa shape index (κ3) is 1.74. The van der Waals surface area contributed by atoms with Crippen LogP contribution in [-0.2, 0) is 22.6 Å². The third-order valence-corrected chi connectivity index (χ3v) is 3.88. The molecule has 0 saturated carbocycles. The Morgan fingerprint density at radius 3 is 3.05 bits per heavy atom. The van der Waals surface area contributed by atoms with Gasteiger partial charge in [0.25, 0.3) is 0 Å². The van der Waals surface area contributed by atoms with Gasteiger partial charge in [-0.2, -0.15) is 0 Å². The first-order valence-electron chi connectivity index (χ1n) is 6.86. The number of rotatable bonds is 2. The number of cyclic esters (lactones) is 1. The highest BCUT2D eigenvalue weighted by molar-refractivity contribution is 6.08. The predicted octanol–water partition coefficient (Wildman–Crippen LogP) is 2.51. The molecular formula is C16H14N2O3. The minimum atomic E-state index is -0.340. The number of para-hydroxylation sites is 1. The van der Waals surface area contributed by atoms with Crippen molar-refractivity contribution in [2.75, 3.05) is 13.7 Å². The first kappa shape index (κ1) is 12.3. The van der Waals surface area contributed by atoms with E-state index in [1.807, 2.05) is 22.8 Å². The Labute approximate surface area is 121 Å². The molecule has 1 aliphatic heterocycles. The van der Waals surface area contributed by atoms with Gasteiger partial charge in [-0.05, 0) is 17.7 Å². The molecule has 0 unspecified atom stereocenters. The van der Waals surface area contributed by atoms with E-state index >= 15 is 0 Å². The predicted molar refractivity (Wildman–Crippen MR) is 78.2 cm³/mol. The second-order valence-electron chi connectivity index (χ2n) is 5.12. The molecule has 0 saturated heterocycles. The lowest BCUT2D eigenvalue weighted by Crippen LogP contribution is -2.19. The highest BCUT2D eigenvalue weighted by Crippen LogP contribution is 2.30. The normalized spacial score (nSPS) is 14.4. The lowest BCUT2D eigenvalue weighted by Gasteiger charge is -2.15. The molecule has 0 aliphatic carbocycles. The standard InChI is InChI=1S/C16H14N2O3/c1-20-9-18-13-5-3-2-4-11(13)12-8-10-6-7-21-16(19)14(10)17-15(12)18/h2-5,8H,6-7,9H2,1H3. The number of nitrogens with zero attached hydrogens (tertiary/aromatic N) is 2. The average molecular weight is 282 g/mol. The summed E-state index contributed by atoms with van der Waals surface area (Å²) >= 11 is 0. The van der Waals surface area contributed by atoms with Crippen molar-refractivity contribution in [2.24, 2.45) is 0 Å². The quantitative estimate of drug-likeness (QED) is 0.678. The Kier molecular flexibility index (Phi) is 2.68. The van der Waals surface area contributed by atoms with Gasteiger partial charge < -0.3 is 14.0 Å². The van der Waals surface area contributed by atoms with Crippen molar-refractivity contribution in [3.63, 3.8) is 0 Å². The number of carbonyl (C=O) groups is 1. The number of methoxy groups -OCH3 is 1. The minimum Gasteiger partial charge on any atom is -0.461 e. The summed E-state index contributed by atoms with van der Waals surface area (Å²) in [7, 11) is 1.65. The maximum atomic E-state index is 11.9. The molecule has 0 N–H and O–H groups in total. The number of pyridine rings is 1. The van der Waals surface area contributed by atoms with E-state index in [9.17, 15) is 4.79 Å². The summed E-state index contributed by atoms with van der Waals surface area (Å²) < 4.78 is 12.3. The fourth-order valence-corrected chi connectivity index (χ4v) is 2.95.